The predicted octanol–water partition coefficient (Wildman–Crippen LogP) is 3.28. The van der Waals surface area contributed by atoms with E-state index in [1.165, 1.54) is 6.07 Å². The molecule has 1 heterocycles. The molecular formula is C16H16FN5. The number of hydrogen-bond acceptors (Lipinski definition) is 4. The second-order valence-electron chi connectivity index (χ2n) is 5.18. The van der Waals surface area contributed by atoms with Gasteiger partial charge in [0.2, 0.25) is 0 Å². The molecule has 6 heteroatoms. The zero-order chi connectivity index (χ0) is 15.5. The van der Waals surface area contributed by atoms with Crippen molar-refractivity contribution in [3.8, 4) is 5.69 Å². The lowest BCUT2D eigenvalue weighted by atomic mass is 10.1. The Labute approximate surface area is 127 Å². The Morgan fingerprint density at radius 2 is 2.05 bits per heavy atom. The van der Waals surface area contributed by atoms with Crippen molar-refractivity contribution < 1.29 is 4.39 Å². The fraction of sp³-hybridized carbons (Fsp3) is 0.188. The van der Waals surface area contributed by atoms with E-state index < -0.39 is 0 Å². The lowest BCUT2D eigenvalue weighted by Crippen LogP contribution is -2.08. The maximum atomic E-state index is 13.6. The van der Waals surface area contributed by atoms with Gasteiger partial charge in [-0.2, -0.15) is 0 Å². The number of nitrogens with zero attached hydrogens (tertiary/aromatic N) is 4. The van der Waals surface area contributed by atoms with E-state index in [-0.39, 0.29) is 11.9 Å². The van der Waals surface area contributed by atoms with Crippen molar-refractivity contribution in [3.63, 3.8) is 0 Å². The van der Waals surface area contributed by atoms with Crippen LogP contribution in [0.5, 0.6) is 0 Å². The van der Waals surface area contributed by atoms with Gasteiger partial charge in [0.05, 0.1) is 5.69 Å². The largest absolute Gasteiger partial charge is 0.378 e. The van der Waals surface area contributed by atoms with E-state index in [4.69, 9.17) is 0 Å². The highest BCUT2D eigenvalue weighted by molar-refractivity contribution is 5.48. The molecule has 2 aromatic carbocycles. The van der Waals surface area contributed by atoms with Gasteiger partial charge in [-0.1, -0.05) is 18.2 Å². The molecule has 0 spiro atoms. The van der Waals surface area contributed by atoms with Gasteiger partial charge >= 0.3 is 0 Å². The minimum atomic E-state index is -0.209. The summed E-state index contributed by atoms with van der Waals surface area (Å²) in [4.78, 5) is 0. The highest BCUT2D eigenvalue weighted by Crippen LogP contribution is 2.22. The number of aromatic nitrogens is 4. The Morgan fingerprint density at radius 1 is 1.18 bits per heavy atom. The fourth-order valence-corrected chi connectivity index (χ4v) is 2.23. The van der Waals surface area contributed by atoms with Crippen molar-refractivity contribution in [2.24, 2.45) is 0 Å². The van der Waals surface area contributed by atoms with Gasteiger partial charge in [0.1, 0.15) is 12.1 Å². The SMILES string of the molecule is Cc1ccc(NC(C)c2cccc(-n3cnnn3)c2)cc1F. The molecule has 0 fully saturated rings. The first-order chi connectivity index (χ1) is 10.6. The first kappa shape index (κ1) is 14.2. The summed E-state index contributed by atoms with van der Waals surface area (Å²) in [5.74, 6) is -0.209. The highest BCUT2D eigenvalue weighted by atomic mass is 19.1. The summed E-state index contributed by atoms with van der Waals surface area (Å²) < 4.78 is 15.2. The predicted molar refractivity (Wildman–Crippen MR) is 82.3 cm³/mol. The molecule has 112 valence electrons. The van der Waals surface area contributed by atoms with Crippen LogP contribution in [0.3, 0.4) is 0 Å². The third kappa shape index (κ3) is 2.95. The van der Waals surface area contributed by atoms with Crippen molar-refractivity contribution in [2.75, 3.05) is 5.32 Å². The van der Waals surface area contributed by atoms with Gasteiger partial charge in [-0.25, -0.2) is 9.07 Å². The monoisotopic (exact) mass is 297 g/mol. The van der Waals surface area contributed by atoms with Crippen molar-refractivity contribution >= 4 is 5.69 Å². The van der Waals surface area contributed by atoms with Gasteiger partial charge in [0, 0.05) is 11.7 Å². The second-order valence-corrected chi connectivity index (χ2v) is 5.18. The van der Waals surface area contributed by atoms with E-state index in [1.807, 2.05) is 37.3 Å². The van der Waals surface area contributed by atoms with Crippen molar-refractivity contribution in [3.05, 3.63) is 65.7 Å². The first-order valence-corrected chi connectivity index (χ1v) is 6.99. The molecule has 0 aliphatic heterocycles. The van der Waals surface area contributed by atoms with Crippen LogP contribution in [0.25, 0.3) is 5.69 Å². The maximum absolute atomic E-state index is 13.6. The van der Waals surface area contributed by atoms with Crippen LogP contribution in [0.15, 0.2) is 48.8 Å². The quantitative estimate of drug-likeness (QED) is 0.803. The molecule has 0 aliphatic rings. The minimum absolute atomic E-state index is 0.0264. The first-order valence-electron chi connectivity index (χ1n) is 6.99. The zero-order valence-electron chi connectivity index (χ0n) is 12.4. The Bertz CT molecular complexity index is 770. The molecule has 0 bridgehead atoms. The summed E-state index contributed by atoms with van der Waals surface area (Å²) in [6.45, 7) is 3.77. The molecule has 1 aromatic heterocycles. The third-order valence-corrected chi connectivity index (χ3v) is 3.54. The topological polar surface area (TPSA) is 55.6 Å². The summed E-state index contributed by atoms with van der Waals surface area (Å²) in [7, 11) is 0. The molecule has 5 nitrogen and oxygen atoms in total. The molecule has 1 unspecified atom stereocenters. The van der Waals surface area contributed by atoms with Crippen molar-refractivity contribution in [2.45, 2.75) is 19.9 Å². The molecular weight excluding hydrogens is 281 g/mol. The van der Waals surface area contributed by atoms with Gasteiger partial charge in [-0.15, -0.1) is 5.10 Å². The molecule has 1 N–H and O–H groups in total. The lowest BCUT2D eigenvalue weighted by molar-refractivity contribution is 0.618. The standard InChI is InChI=1S/C16H16FN5/c1-11-6-7-14(9-16(11)17)19-12(2)13-4-3-5-15(8-13)22-10-18-20-21-22/h3-10,12,19H,1-2H3. The molecule has 0 amide bonds. The molecule has 1 atom stereocenters. The Hall–Kier alpha value is -2.76. The molecule has 22 heavy (non-hydrogen) atoms. The second kappa shape index (κ2) is 5.93. The number of anilines is 1. The number of aryl methyl sites for hydroxylation is 1. The number of halogens is 1. The number of hydrogen-bond donors (Lipinski definition) is 1. The van der Waals surface area contributed by atoms with E-state index in [2.05, 4.69) is 20.8 Å². The number of tetrazole rings is 1. The summed E-state index contributed by atoms with van der Waals surface area (Å²) in [6, 6.07) is 13.1. The normalized spacial score (nSPS) is 12.1. The van der Waals surface area contributed by atoms with Crippen LogP contribution in [0.1, 0.15) is 24.1 Å². The van der Waals surface area contributed by atoms with Gasteiger partial charge in [0.25, 0.3) is 0 Å². The maximum Gasteiger partial charge on any atom is 0.143 e. The summed E-state index contributed by atoms with van der Waals surface area (Å²) in [6.07, 6.45) is 1.55. The van der Waals surface area contributed by atoms with Crippen LogP contribution in [0, 0.1) is 12.7 Å². The van der Waals surface area contributed by atoms with E-state index in [0.717, 1.165) is 16.9 Å². The summed E-state index contributed by atoms with van der Waals surface area (Å²) in [5.41, 5.74) is 3.34. The Balaban J connectivity index is 1.81. The summed E-state index contributed by atoms with van der Waals surface area (Å²) in [5, 5.41) is 14.4. The van der Waals surface area contributed by atoms with Gasteiger partial charge < -0.3 is 5.32 Å². The third-order valence-electron chi connectivity index (χ3n) is 3.54. The molecule has 3 rings (SSSR count). The van der Waals surface area contributed by atoms with Gasteiger partial charge in [0.15, 0.2) is 0 Å². The summed E-state index contributed by atoms with van der Waals surface area (Å²) >= 11 is 0. The number of nitrogens with one attached hydrogen (secondary N) is 1. The van der Waals surface area contributed by atoms with Crippen LogP contribution in [-0.2, 0) is 0 Å². The minimum Gasteiger partial charge on any atom is -0.378 e. The zero-order valence-corrected chi connectivity index (χ0v) is 12.4. The van der Waals surface area contributed by atoms with Crippen LogP contribution < -0.4 is 5.32 Å². The van der Waals surface area contributed by atoms with Crippen LogP contribution in [-0.4, -0.2) is 20.2 Å². The van der Waals surface area contributed by atoms with Gasteiger partial charge in [-0.05, 0) is 59.7 Å². The van der Waals surface area contributed by atoms with E-state index in [9.17, 15) is 4.39 Å². The van der Waals surface area contributed by atoms with Crippen molar-refractivity contribution in [1.82, 2.24) is 20.2 Å². The Morgan fingerprint density at radius 3 is 2.77 bits per heavy atom. The van der Waals surface area contributed by atoms with E-state index in [0.29, 0.717) is 5.56 Å². The van der Waals surface area contributed by atoms with Crippen LogP contribution in [0.4, 0.5) is 10.1 Å². The molecule has 0 saturated carbocycles. The average molecular weight is 297 g/mol. The fourth-order valence-electron chi connectivity index (χ4n) is 2.23. The van der Waals surface area contributed by atoms with Crippen LogP contribution >= 0.6 is 0 Å². The molecule has 0 saturated heterocycles. The molecule has 0 aliphatic carbocycles. The molecule has 3 aromatic rings. The molecule has 0 radical (unpaired) electrons. The number of benzene rings is 2. The average Bonchev–Trinajstić information content (AvgIpc) is 3.05. The smallest absolute Gasteiger partial charge is 0.143 e. The van der Waals surface area contributed by atoms with E-state index in [1.54, 1.807) is 24.0 Å². The number of rotatable bonds is 4. The van der Waals surface area contributed by atoms with Crippen molar-refractivity contribution in [1.29, 1.82) is 0 Å². The lowest BCUT2D eigenvalue weighted by Gasteiger charge is -2.17. The van der Waals surface area contributed by atoms with E-state index >= 15 is 0 Å². The van der Waals surface area contributed by atoms with Gasteiger partial charge in [-0.3, -0.25) is 0 Å². The van der Waals surface area contributed by atoms with Crippen LogP contribution in [0.2, 0.25) is 0 Å². The Kier molecular flexibility index (Phi) is 3.82. The highest BCUT2D eigenvalue weighted by Gasteiger charge is 2.08.